The molecule has 0 bridgehead atoms. The van der Waals surface area contributed by atoms with Crippen LogP contribution >= 0.6 is 0 Å². The number of benzene rings is 9. The normalized spacial score (nSPS) is 15.3. The molecule has 252 valence electrons. The van der Waals surface area contributed by atoms with E-state index in [1.807, 2.05) is 12.1 Å². The summed E-state index contributed by atoms with van der Waals surface area (Å²) in [5.74, 6) is 1.71. The Morgan fingerprint density at radius 3 is 1.96 bits per heavy atom. The molecule has 54 heavy (non-hydrogen) atoms. The Hall–Kier alpha value is -7.10. The van der Waals surface area contributed by atoms with Crippen molar-refractivity contribution in [3.05, 3.63) is 210 Å². The standard InChI is InChI=1S/C51H31NO2/c1-2-16-36-32(12-1)13-11-23-45(36)52(34-26-28-39-38-18-4-7-24-46(38)53-48(39)30-34)35-27-29-43-49(31-35)54-47-25-8-6-21-42(47)51(43)41-20-5-3-17-37(41)40-19-9-14-33-15-10-22-44(51)50(33)40/h1-31H. The summed E-state index contributed by atoms with van der Waals surface area (Å²) in [7, 11) is 0. The molecule has 2 aliphatic rings. The second-order valence-electron chi connectivity index (χ2n) is 14.4. The number of hydrogen-bond acceptors (Lipinski definition) is 3. The minimum atomic E-state index is -0.593. The van der Waals surface area contributed by atoms with Gasteiger partial charge in [-0.15, -0.1) is 0 Å². The molecule has 10 aromatic rings. The molecule has 1 spiro atoms. The topological polar surface area (TPSA) is 25.6 Å². The van der Waals surface area contributed by atoms with Crippen molar-refractivity contribution in [2.24, 2.45) is 0 Å². The zero-order valence-electron chi connectivity index (χ0n) is 29.2. The number of anilines is 3. The number of nitrogens with zero attached hydrogens (tertiary/aromatic N) is 1. The predicted octanol–water partition coefficient (Wildman–Crippen LogP) is 13.8. The van der Waals surface area contributed by atoms with E-state index in [1.54, 1.807) is 0 Å². The third-order valence-corrected chi connectivity index (χ3v) is 11.7. The highest BCUT2D eigenvalue weighted by Crippen LogP contribution is 2.61. The van der Waals surface area contributed by atoms with Crippen molar-refractivity contribution in [1.82, 2.24) is 0 Å². The van der Waals surface area contributed by atoms with E-state index >= 15 is 0 Å². The monoisotopic (exact) mass is 689 g/mol. The molecule has 0 saturated heterocycles. The van der Waals surface area contributed by atoms with E-state index < -0.39 is 5.41 Å². The van der Waals surface area contributed by atoms with Crippen LogP contribution in [0, 0.1) is 0 Å². The lowest BCUT2D eigenvalue weighted by molar-refractivity contribution is 0.435. The summed E-state index contributed by atoms with van der Waals surface area (Å²) >= 11 is 0. The Labute approximate surface area is 311 Å². The zero-order valence-corrected chi connectivity index (χ0v) is 29.2. The van der Waals surface area contributed by atoms with Gasteiger partial charge in [0.2, 0.25) is 0 Å². The minimum absolute atomic E-state index is 0.593. The van der Waals surface area contributed by atoms with E-state index in [2.05, 4.69) is 181 Å². The Balaban J connectivity index is 1.15. The zero-order chi connectivity index (χ0) is 35.4. The van der Waals surface area contributed by atoms with Gasteiger partial charge in [-0.25, -0.2) is 0 Å². The fourth-order valence-electron chi connectivity index (χ4n) is 9.51. The van der Waals surface area contributed by atoms with Crippen LogP contribution in [0.15, 0.2) is 192 Å². The van der Waals surface area contributed by atoms with Gasteiger partial charge in [-0.1, -0.05) is 140 Å². The van der Waals surface area contributed by atoms with Gasteiger partial charge in [0.1, 0.15) is 22.7 Å². The summed E-state index contributed by atoms with van der Waals surface area (Å²) in [6.07, 6.45) is 0. The number of rotatable bonds is 3. The van der Waals surface area contributed by atoms with Crippen molar-refractivity contribution in [3.63, 3.8) is 0 Å². The molecule has 12 rings (SSSR count). The average Bonchev–Trinajstić information content (AvgIpc) is 3.60. The fraction of sp³-hybridized carbons (Fsp3) is 0.0196. The summed E-state index contributed by atoms with van der Waals surface area (Å²) in [6.45, 7) is 0. The van der Waals surface area contributed by atoms with Crippen LogP contribution in [0.25, 0.3) is 54.6 Å². The Morgan fingerprint density at radius 2 is 1.02 bits per heavy atom. The van der Waals surface area contributed by atoms with E-state index in [0.717, 1.165) is 67.0 Å². The maximum absolute atomic E-state index is 7.02. The number of para-hydroxylation sites is 2. The quantitative estimate of drug-likeness (QED) is 0.185. The van der Waals surface area contributed by atoms with Crippen molar-refractivity contribution in [1.29, 1.82) is 0 Å². The van der Waals surface area contributed by atoms with E-state index in [1.165, 1.54) is 38.4 Å². The van der Waals surface area contributed by atoms with Crippen molar-refractivity contribution < 1.29 is 9.15 Å². The molecule has 0 N–H and O–H groups in total. The smallest absolute Gasteiger partial charge is 0.137 e. The molecule has 1 aliphatic carbocycles. The first-order chi connectivity index (χ1) is 26.8. The molecule has 1 unspecified atom stereocenters. The van der Waals surface area contributed by atoms with Crippen LogP contribution < -0.4 is 9.64 Å². The van der Waals surface area contributed by atoms with Crippen LogP contribution in [-0.2, 0) is 5.41 Å². The lowest BCUT2D eigenvalue weighted by atomic mass is 9.58. The lowest BCUT2D eigenvalue weighted by Gasteiger charge is -2.45. The fourth-order valence-corrected chi connectivity index (χ4v) is 9.51. The molecule has 3 nitrogen and oxygen atoms in total. The summed E-state index contributed by atoms with van der Waals surface area (Å²) in [6, 6.07) is 67.7. The van der Waals surface area contributed by atoms with Crippen LogP contribution in [0.3, 0.4) is 0 Å². The molecule has 1 atom stereocenters. The molecule has 1 aromatic heterocycles. The van der Waals surface area contributed by atoms with Gasteiger partial charge < -0.3 is 14.1 Å². The number of hydrogen-bond donors (Lipinski definition) is 0. The first-order valence-corrected chi connectivity index (χ1v) is 18.5. The van der Waals surface area contributed by atoms with Crippen molar-refractivity contribution in [2.45, 2.75) is 5.41 Å². The Bertz CT molecular complexity index is 3160. The van der Waals surface area contributed by atoms with E-state index in [9.17, 15) is 0 Å². The second kappa shape index (κ2) is 11.0. The third-order valence-electron chi connectivity index (χ3n) is 11.7. The molecule has 2 heterocycles. The highest BCUT2D eigenvalue weighted by atomic mass is 16.5. The van der Waals surface area contributed by atoms with Crippen LogP contribution in [-0.4, -0.2) is 0 Å². The third kappa shape index (κ3) is 3.90. The van der Waals surface area contributed by atoms with Crippen LogP contribution in [0.4, 0.5) is 17.1 Å². The van der Waals surface area contributed by atoms with Crippen molar-refractivity contribution in [2.75, 3.05) is 4.90 Å². The maximum atomic E-state index is 7.02. The predicted molar refractivity (Wildman–Crippen MR) is 221 cm³/mol. The van der Waals surface area contributed by atoms with Gasteiger partial charge in [-0.3, -0.25) is 0 Å². The molecule has 0 saturated carbocycles. The first kappa shape index (κ1) is 29.5. The molecule has 1 aliphatic heterocycles. The van der Waals surface area contributed by atoms with Crippen LogP contribution in [0.5, 0.6) is 11.5 Å². The molecule has 3 heteroatoms. The number of fused-ring (bicyclic) bond motifs is 12. The van der Waals surface area contributed by atoms with E-state index in [4.69, 9.17) is 9.15 Å². The van der Waals surface area contributed by atoms with Gasteiger partial charge >= 0.3 is 0 Å². The summed E-state index contributed by atoms with van der Waals surface area (Å²) in [5.41, 5.74) is 11.6. The molecule has 0 amide bonds. The highest BCUT2D eigenvalue weighted by molar-refractivity contribution is 6.08. The van der Waals surface area contributed by atoms with Gasteiger partial charge in [-0.05, 0) is 74.8 Å². The SMILES string of the molecule is c1ccc2c(c1)Oc1cc(N(c3ccc4c(c3)oc3ccccc34)c3cccc4ccccc34)ccc1C21c2ccccc2-c2cccc3cccc1c23. The van der Waals surface area contributed by atoms with Gasteiger partial charge in [0, 0.05) is 50.8 Å². The van der Waals surface area contributed by atoms with Gasteiger partial charge in [0.25, 0.3) is 0 Å². The van der Waals surface area contributed by atoms with Crippen LogP contribution in [0.1, 0.15) is 22.3 Å². The first-order valence-electron chi connectivity index (χ1n) is 18.5. The molecule has 0 radical (unpaired) electrons. The van der Waals surface area contributed by atoms with Crippen molar-refractivity contribution in [3.8, 4) is 22.6 Å². The Morgan fingerprint density at radius 1 is 0.389 bits per heavy atom. The van der Waals surface area contributed by atoms with Crippen molar-refractivity contribution >= 4 is 60.5 Å². The molecule has 0 fully saturated rings. The summed E-state index contributed by atoms with van der Waals surface area (Å²) < 4.78 is 13.5. The minimum Gasteiger partial charge on any atom is -0.457 e. The van der Waals surface area contributed by atoms with E-state index in [-0.39, 0.29) is 0 Å². The van der Waals surface area contributed by atoms with Gasteiger partial charge in [0.05, 0.1) is 11.1 Å². The van der Waals surface area contributed by atoms with E-state index in [0.29, 0.717) is 0 Å². The van der Waals surface area contributed by atoms with Gasteiger partial charge in [0.15, 0.2) is 0 Å². The largest absolute Gasteiger partial charge is 0.457 e. The summed E-state index contributed by atoms with van der Waals surface area (Å²) in [5, 5.41) is 7.09. The van der Waals surface area contributed by atoms with Crippen LogP contribution in [0.2, 0.25) is 0 Å². The number of furan rings is 1. The number of ether oxygens (including phenoxy) is 1. The average molecular weight is 690 g/mol. The summed E-state index contributed by atoms with van der Waals surface area (Å²) in [4.78, 5) is 2.34. The molecular weight excluding hydrogens is 659 g/mol. The molecule has 9 aromatic carbocycles. The van der Waals surface area contributed by atoms with Gasteiger partial charge in [-0.2, -0.15) is 0 Å². The highest BCUT2D eigenvalue weighted by Gasteiger charge is 2.49. The maximum Gasteiger partial charge on any atom is 0.137 e. The second-order valence-corrected chi connectivity index (χ2v) is 14.4. The Kier molecular flexibility index (Phi) is 5.98. The molecular formula is C51H31NO2. The lowest BCUT2D eigenvalue weighted by Crippen LogP contribution is -2.36.